The summed E-state index contributed by atoms with van der Waals surface area (Å²) in [6.45, 7) is 6.78. The number of hydrogen-bond donors (Lipinski definition) is 0. The molecule has 3 aromatic rings. The Hall–Kier alpha value is -2.89. The van der Waals surface area contributed by atoms with E-state index in [1.54, 1.807) is 0 Å². The summed E-state index contributed by atoms with van der Waals surface area (Å²) in [4.78, 5) is 21.3. The lowest BCUT2D eigenvalue weighted by Crippen LogP contribution is -2.49. The molecule has 2 aromatic heterocycles. The van der Waals surface area contributed by atoms with Crippen molar-refractivity contribution >= 4 is 22.4 Å². The first-order valence-electron chi connectivity index (χ1n) is 8.90. The lowest BCUT2D eigenvalue weighted by atomic mass is 10.1. The van der Waals surface area contributed by atoms with Gasteiger partial charge in [-0.2, -0.15) is 0 Å². The van der Waals surface area contributed by atoms with E-state index in [9.17, 15) is 4.79 Å². The van der Waals surface area contributed by atoms with Crippen LogP contribution in [0.2, 0.25) is 0 Å². The summed E-state index contributed by atoms with van der Waals surface area (Å²) in [5.74, 6) is 0.867. The van der Waals surface area contributed by atoms with E-state index >= 15 is 0 Å². The van der Waals surface area contributed by atoms with E-state index in [1.165, 1.54) is 5.39 Å². The summed E-state index contributed by atoms with van der Waals surface area (Å²) in [5.41, 5.74) is 2.85. The molecule has 4 rings (SSSR count). The number of fused-ring (bicyclic) bond motifs is 1. The third kappa shape index (κ3) is 3.03. The van der Waals surface area contributed by atoms with Gasteiger partial charge >= 0.3 is 0 Å². The second-order valence-corrected chi connectivity index (χ2v) is 6.73. The van der Waals surface area contributed by atoms with Gasteiger partial charge in [0.2, 0.25) is 5.91 Å². The molecule has 0 aliphatic carbocycles. The molecule has 1 aliphatic rings. The summed E-state index contributed by atoms with van der Waals surface area (Å²) < 4.78 is 5.16. The minimum absolute atomic E-state index is 0.134. The van der Waals surface area contributed by atoms with Gasteiger partial charge in [0, 0.05) is 48.7 Å². The van der Waals surface area contributed by atoms with Gasteiger partial charge in [0.05, 0.1) is 24.0 Å². The molecule has 0 unspecified atom stereocenters. The van der Waals surface area contributed by atoms with Crippen molar-refractivity contribution in [2.75, 3.05) is 31.1 Å². The summed E-state index contributed by atoms with van der Waals surface area (Å²) >= 11 is 0. The van der Waals surface area contributed by atoms with Crippen LogP contribution in [0, 0.1) is 13.8 Å². The number of aromatic nitrogens is 2. The maximum atomic E-state index is 12.7. The monoisotopic (exact) mass is 350 g/mol. The van der Waals surface area contributed by atoms with Crippen LogP contribution in [0.4, 0.5) is 5.69 Å². The second kappa shape index (κ2) is 6.78. The highest BCUT2D eigenvalue weighted by atomic mass is 16.5. The number of benzene rings is 1. The molecule has 0 radical (unpaired) electrons. The minimum Gasteiger partial charge on any atom is -0.366 e. The fraction of sp³-hybridized carbons (Fsp3) is 0.350. The maximum absolute atomic E-state index is 12.7. The predicted molar refractivity (Wildman–Crippen MR) is 100 cm³/mol. The first-order chi connectivity index (χ1) is 12.6. The quantitative estimate of drug-likeness (QED) is 0.727. The predicted octanol–water partition coefficient (Wildman–Crippen LogP) is 2.73. The van der Waals surface area contributed by atoms with Crippen LogP contribution >= 0.6 is 0 Å². The molecule has 134 valence electrons. The van der Waals surface area contributed by atoms with Gasteiger partial charge in [-0.25, -0.2) is 0 Å². The van der Waals surface area contributed by atoms with Gasteiger partial charge in [-0.1, -0.05) is 29.4 Å². The molecule has 0 spiro atoms. The van der Waals surface area contributed by atoms with Gasteiger partial charge in [0.15, 0.2) is 0 Å². The van der Waals surface area contributed by atoms with Crippen molar-refractivity contribution in [3.63, 3.8) is 0 Å². The molecular formula is C20H22N4O2. The van der Waals surface area contributed by atoms with Gasteiger partial charge in [0.25, 0.3) is 0 Å². The zero-order valence-electron chi connectivity index (χ0n) is 15.1. The Kier molecular flexibility index (Phi) is 4.32. The molecule has 6 heteroatoms. The number of rotatable bonds is 3. The molecule has 0 bridgehead atoms. The number of piperazine rings is 1. The topological polar surface area (TPSA) is 62.5 Å². The first kappa shape index (κ1) is 16.6. The zero-order valence-corrected chi connectivity index (χ0v) is 15.1. The molecule has 1 saturated heterocycles. The molecule has 1 aromatic carbocycles. The lowest BCUT2D eigenvalue weighted by Gasteiger charge is -2.36. The largest absolute Gasteiger partial charge is 0.366 e. The van der Waals surface area contributed by atoms with E-state index in [0.717, 1.165) is 41.2 Å². The number of anilines is 1. The average molecular weight is 350 g/mol. The van der Waals surface area contributed by atoms with Crippen LogP contribution in [0.1, 0.15) is 17.0 Å². The smallest absolute Gasteiger partial charge is 0.227 e. The van der Waals surface area contributed by atoms with Crippen LogP contribution in [0.25, 0.3) is 10.8 Å². The maximum Gasteiger partial charge on any atom is 0.227 e. The Morgan fingerprint density at radius 2 is 1.88 bits per heavy atom. The Labute approximate surface area is 152 Å². The molecule has 0 N–H and O–H groups in total. The fourth-order valence-electron chi connectivity index (χ4n) is 3.57. The van der Waals surface area contributed by atoms with Gasteiger partial charge in [-0.3, -0.25) is 9.78 Å². The van der Waals surface area contributed by atoms with Crippen LogP contribution in [0.15, 0.2) is 41.2 Å². The summed E-state index contributed by atoms with van der Waals surface area (Å²) in [7, 11) is 0. The van der Waals surface area contributed by atoms with Gasteiger partial charge < -0.3 is 14.3 Å². The molecule has 1 fully saturated rings. The third-order valence-corrected chi connectivity index (χ3v) is 5.13. The number of nitrogens with zero attached hydrogens (tertiary/aromatic N) is 4. The van der Waals surface area contributed by atoms with Crippen molar-refractivity contribution in [1.29, 1.82) is 0 Å². The third-order valence-electron chi connectivity index (χ3n) is 5.13. The number of carbonyl (C=O) groups excluding carboxylic acids is 1. The van der Waals surface area contributed by atoms with E-state index in [0.29, 0.717) is 19.5 Å². The van der Waals surface area contributed by atoms with Crippen molar-refractivity contribution in [2.45, 2.75) is 20.3 Å². The minimum atomic E-state index is 0.134. The van der Waals surface area contributed by atoms with Crippen LogP contribution < -0.4 is 4.90 Å². The SMILES string of the molecule is Cc1noc(C)c1CC(=O)N1CCN(c2cncc3ccccc23)CC1. The van der Waals surface area contributed by atoms with E-state index in [4.69, 9.17) is 4.52 Å². The number of pyridine rings is 1. The zero-order chi connectivity index (χ0) is 18.1. The van der Waals surface area contributed by atoms with Crippen molar-refractivity contribution in [3.05, 3.63) is 53.7 Å². The van der Waals surface area contributed by atoms with Crippen molar-refractivity contribution in [3.8, 4) is 0 Å². The molecule has 1 amide bonds. The van der Waals surface area contributed by atoms with Gasteiger partial charge in [-0.05, 0) is 13.8 Å². The van der Waals surface area contributed by atoms with Crippen molar-refractivity contribution in [2.24, 2.45) is 0 Å². The van der Waals surface area contributed by atoms with Crippen molar-refractivity contribution < 1.29 is 9.32 Å². The molecule has 3 heterocycles. The Morgan fingerprint density at radius 1 is 1.12 bits per heavy atom. The normalized spacial score (nSPS) is 14.8. The Bertz CT molecular complexity index is 917. The Balaban J connectivity index is 1.45. The first-order valence-corrected chi connectivity index (χ1v) is 8.90. The van der Waals surface area contributed by atoms with Gasteiger partial charge in [0.1, 0.15) is 5.76 Å². The average Bonchev–Trinajstić information content (AvgIpc) is 2.99. The molecule has 0 saturated carbocycles. The summed E-state index contributed by atoms with van der Waals surface area (Å²) in [6, 6.07) is 8.28. The Morgan fingerprint density at radius 3 is 2.62 bits per heavy atom. The lowest BCUT2D eigenvalue weighted by molar-refractivity contribution is -0.130. The van der Waals surface area contributed by atoms with Crippen LogP contribution in [0.3, 0.4) is 0 Å². The number of carbonyl (C=O) groups is 1. The van der Waals surface area contributed by atoms with Crippen molar-refractivity contribution in [1.82, 2.24) is 15.0 Å². The number of hydrogen-bond acceptors (Lipinski definition) is 5. The van der Waals surface area contributed by atoms with Crippen LogP contribution in [-0.4, -0.2) is 47.1 Å². The van der Waals surface area contributed by atoms with Gasteiger partial charge in [-0.15, -0.1) is 0 Å². The molecule has 1 aliphatic heterocycles. The van der Waals surface area contributed by atoms with E-state index in [1.807, 2.05) is 37.2 Å². The fourth-order valence-corrected chi connectivity index (χ4v) is 3.57. The van der Waals surface area contributed by atoms with E-state index < -0.39 is 0 Å². The van der Waals surface area contributed by atoms with Crippen LogP contribution in [-0.2, 0) is 11.2 Å². The molecule has 26 heavy (non-hydrogen) atoms. The highest BCUT2D eigenvalue weighted by Gasteiger charge is 2.24. The molecule has 0 atom stereocenters. The van der Waals surface area contributed by atoms with Crippen LogP contribution in [0.5, 0.6) is 0 Å². The number of amides is 1. The highest BCUT2D eigenvalue weighted by Crippen LogP contribution is 2.26. The second-order valence-electron chi connectivity index (χ2n) is 6.73. The molecule has 6 nitrogen and oxygen atoms in total. The standard InChI is InChI=1S/C20H22N4O2/c1-14-18(15(2)26-22-14)11-20(25)24-9-7-23(8-10-24)19-13-21-12-16-5-3-4-6-17(16)19/h3-6,12-13H,7-11H2,1-2H3. The van der Waals surface area contributed by atoms with E-state index in [2.05, 4.69) is 33.2 Å². The summed E-state index contributed by atoms with van der Waals surface area (Å²) in [5, 5.41) is 6.28. The summed E-state index contributed by atoms with van der Waals surface area (Å²) in [6.07, 6.45) is 4.17. The molecular weight excluding hydrogens is 328 g/mol. The highest BCUT2D eigenvalue weighted by molar-refractivity contribution is 5.93. The number of aryl methyl sites for hydroxylation is 2. The van der Waals surface area contributed by atoms with E-state index in [-0.39, 0.29) is 5.91 Å².